The van der Waals surface area contributed by atoms with E-state index in [0.717, 1.165) is 25.0 Å². The lowest BCUT2D eigenvalue weighted by molar-refractivity contribution is -0.122. The van der Waals surface area contributed by atoms with Crippen LogP contribution in [0.3, 0.4) is 0 Å². The molecule has 3 rings (SSSR count). The summed E-state index contributed by atoms with van der Waals surface area (Å²) in [6.07, 6.45) is 3.03. The van der Waals surface area contributed by atoms with Gasteiger partial charge in [0.25, 0.3) is 5.91 Å². The second-order valence-corrected chi connectivity index (χ2v) is 8.07. The fourth-order valence-electron chi connectivity index (χ4n) is 2.93. The minimum atomic E-state index is -0.295. The van der Waals surface area contributed by atoms with Gasteiger partial charge in [0.1, 0.15) is 0 Å². The number of hydrogen-bond acceptors (Lipinski definition) is 5. The minimum Gasteiger partial charge on any atom is -0.332 e. The number of thioether (sulfide) groups is 1. The second-order valence-electron chi connectivity index (χ2n) is 5.85. The van der Waals surface area contributed by atoms with Gasteiger partial charge in [-0.25, -0.2) is 4.79 Å². The third kappa shape index (κ3) is 4.21. The van der Waals surface area contributed by atoms with E-state index in [2.05, 4.69) is 21.5 Å². The van der Waals surface area contributed by atoms with E-state index in [1.54, 1.807) is 12.1 Å². The van der Waals surface area contributed by atoms with Gasteiger partial charge in [0, 0.05) is 17.4 Å². The van der Waals surface area contributed by atoms with Crippen LogP contribution in [0.15, 0.2) is 17.5 Å². The SMILES string of the molecule is O=C(CCCC[C@@H]1SC[C@H]2NC(=O)N[C@@H]12)NNC(=O)c1cccs1. The Kier molecular flexibility index (Phi) is 5.62. The Morgan fingerprint density at radius 1 is 1.25 bits per heavy atom. The van der Waals surface area contributed by atoms with Crippen LogP contribution in [0.4, 0.5) is 4.79 Å². The monoisotopic (exact) mass is 368 g/mol. The summed E-state index contributed by atoms with van der Waals surface area (Å²) in [5.41, 5.74) is 4.85. The van der Waals surface area contributed by atoms with Crippen LogP contribution >= 0.6 is 23.1 Å². The molecule has 4 N–H and O–H groups in total. The molecule has 4 amide bonds. The highest BCUT2D eigenvalue weighted by Crippen LogP contribution is 2.33. The van der Waals surface area contributed by atoms with E-state index >= 15 is 0 Å². The van der Waals surface area contributed by atoms with Crippen molar-refractivity contribution in [3.8, 4) is 0 Å². The Morgan fingerprint density at radius 2 is 2.12 bits per heavy atom. The van der Waals surface area contributed by atoms with Crippen LogP contribution < -0.4 is 21.5 Å². The lowest BCUT2D eigenvalue weighted by Gasteiger charge is -2.16. The van der Waals surface area contributed by atoms with Crippen LogP contribution in [0.5, 0.6) is 0 Å². The van der Waals surface area contributed by atoms with Gasteiger partial charge in [-0.15, -0.1) is 11.3 Å². The molecule has 0 saturated carbocycles. The molecule has 2 saturated heterocycles. The first-order valence-corrected chi connectivity index (χ1v) is 9.87. The lowest BCUT2D eigenvalue weighted by atomic mass is 10.0. The predicted molar refractivity (Wildman–Crippen MR) is 93.9 cm³/mol. The fourth-order valence-corrected chi connectivity index (χ4v) is 5.09. The van der Waals surface area contributed by atoms with Crippen LogP contribution in [0.25, 0.3) is 0 Å². The summed E-state index contributed by atoms with van der Waals surface area (Å²) in [6.45, 7) is 0. The zero-order chi connectivity index (χ0) is 16.9. The van der Waals surface area contributed by atoms with Crippen LogP contribution in [-0.2, 0) is 4.79 Å². The molecule has 7 nitrogen and oxygen atoms in total. The Hall–Kier alpha value is -1.74. The number of amides is 4. The standard InChI is InChI=1S/C15H20N4O3S2/c20-12(18-19-14(21)11-5-3-7-23-11)6-2-1-4-10-13-9(8-24-10)16-15(22)17-13/h3,5,7,9-10,13H,1-2,4,6,8H2,(H,18,20)(H,19,21)(H2,16,17,22)/t9-,10+,13-/m1/s1. The number of rotatable bonds is 6. The van der Waals surface area contributed by atoms with E-state index < -0.39 is 0 Å². The van der Waals surface area contributed by atoms with Crippen LogP contribution in [-0.4, -0.2) is 40.9 Å². The first-order chi connectivity index (χ1) is 11.6. The zero-order valence-corrected chi connectivity index (χ0v) is 14.7. The van der Waals surface area contributed by atoms with Gasteiger partial charge >= 0.3 is 6.03 Å². The van der Waals surface area contributed by atoms with Gasteiger partial charge in [0.15, 0.2) is 0 Å². The van der Waals surface area contributed by atoms with Crippen molar-refractivity contribution in [2.75, 3.05) is 5.75 Å². The number of urea groups is 1. The summed E-state index contributed by atoms with van der Waals surface area (Å²) in [7, 11) is 0. The van der Waals surface area contributed by atoms with Crippen molar-refractivity contribution < 1.29 is 14.4 Å². The molecule has 2 fully saturated rings. The van der Waals surface area contributed by atoms with Crippen LogP contribution in [0, 0.1) is 0 Å². The first kappa shape index (κ1) is 17.1. The van der Waals surface area contributed by atoms with E-state index in [1.807, 2.05) is 17.1 Å². The summed E-state index contributed by atoms with van der Waals surface area (Å²) < 4.78 is 0. The summed E-state index contributed by atoms with van der Waals surface area (Å²) in [6, 6.07) is 3.87. The van der Waals surface area contributed by atoms with Gasteiger partial charge in [-0.1, -0.05) is 12.5 Å². The molecule has 0 aromatic carbocycles. The summed E-state index contributed by atoms with van der Waals surface area (Å²) in [5.74, 6) is 0.465. The summed E-state index contributed by atoms with van der Waals surface area (Å²) in [5, 5.41) is 8.11. The maximum Gasteiger partial charge on any atom is 0.315 e. The highest BCUT2D eigenvalue weighted by Gasteiger charge is 2.42. The van der Waals surface area contributed by atoms with Crippen molar-refractivity contribution in [1.82, 2.24) is 21.5 Å². The number of unbranched alkanes of at least 4 members (excludes halogenated alkanes) is 1. The molecule has 2 aliphatic rings. The van der Waals surface area contributed by atoms with Gasteiger partial charge in [-0.2, -0.15) is 11.8 Å². The van der Waals surface area contributed by atoms with E-state index in [1.165, 1.54) is 11.3 Å². The van der Waals surface area contributed by atoms with Crippen LogP contribution in [0.1, 0.15) is 35.4 Å². The molecule has 3 heterocycles. The first-order valence-electron chi connectivity index (χ1n) is 7.95. The van der Waals surface area contributed by atoms with Crippen molar-refractivity contribution in [2.24, 2.45) is 0 Å². The second kappa shape index (κ2) is 7.89. The fraction of sp³-hybridized carbons (Fsp3) is 0.533. The van der Waals surface area contributed by atoms with Gasteiger partial charge < -0.3 is 10.6 Å². The van der Waals surface area contributed by atoms with Crippen molar-refractivity contribution in [3.63, 3.8) is 0 Å². The number of hydrogen-bond donors (Lipinski definition) is 4. The molecule has 9 heteroatoms. The summed E-state index contributed by atoms with van der Waals surface area (Å²) in [4.78, 5) is 35.3. The van der Waals surface area contributed by atoms with Gasteiger partial charge in [0.2, 0.25) is 5.91 Å². The molecule has 130 valence electrons. The molecule has 1 aromatic heterocycles. The zero-order valence-electron chi connectivity index (χ0n) is 13.0. The Bertz CT molecular complexity index is 608. The normalized spacial score (nSPS) is 24.8. The van der Waals surface area contributed by atoms with Gasteiger partial charge in [-0.3, -0.25) is 20.4 Å². The molecule has 0 bridgehead atoms. The van der Waals surface area contributed by atoms with E-state index in [4.69, 9.17) is 0 Å². The molecular weight excluding hydrogens is 348 g/mol. The number of carbonyl (C=O) groups excluding carboxylic acids is 3. The molecule has 0 unspecified atom stereocenters. The van der Waals surface area contributed by atoms with Gasteiger partial charge in [0.05, 0.1) is 17.0 Å². The molecule has 1 aromatic rings. The smallest absolute Gasteiger partial charge is 0.315 e. The van der Waals surface area contributed by atoms with Crippen molar-refractivity contribution in [2.45, 2.75) is 43.0 Å². The Morgan fingerprint density at radius 3 is 2.92 bits per heavy atom. The molecule has 2 aliphatic heterocycles. The maximum absolute atomic E-state index is 11.7. The number of hydrazine groups is 1. The number of thiophene rings is 1. The largest absolute Gasteiger partial charge is 0.332 e. The summed E-state index contributed by atoms with van der Waals surface area (Å²) >= 11 is 3.20. The molecule has 0 spiro atoms. The van der Waals surface area contributed by atoms with Gasteiger partial charge in [-0.05, 0) is 24.3 Å². The average molecular weight is 368 g/mol. The molecule has 3 atom stereocenters. The highest BCUT2D eigenvalue weighted by atomic mass is 32.2. The molecular formula is C15H20N4O3S2. The topological polar surface area (TPSA) is 99.3 Å². The minimum absolute atomic E-state index is 0.0730. The quantitative estimate of drug-likeness (QED) is 0.345. The number of nitrogens with one attached hydrogen (secondary N) is 4. The third-order valence-corrected chi connectivity index (χ3v) is 6.52. The van der Waals surface area contributed by atoms with E-state index in [0.29, 0.717) is 16.5 Å². The van der Waals surface area contributed by atoms with Crippen molar-refractivity contribution >= 4 is 40.9 Å². The van der Waals surface area contributed by atoms with Crippen molar-refractivity contribution in [3.05, 3.63) is 22.4 Å². The molecule has 0 radical (unpaired) electrons. The number of fused-ring (bicyclic) bond motifs is 1. The van der Waals surface area contributed by atoms with E-state index in [-0.39, 0.29) is 29.9 Å². The van der Waals surface area contributed by atoms with E-state index in [9.17, 15) is 14.4 Å². The molecule has 24 heavy (non-hydrogen) atoms. The Balaban J connectivity index is 1.29. The third-order valence-electron chi connectivity index (χ3n) is 4.14. The Labute approximate surface area is 148 Å². The predicted octanol–water partition coefficient (Wildman–Crippen LogP) is 1.23. The lowest BCUT2D eigenvalue weighted by Crippen LogP contribution is -2.41. The number of carbonyl (C=O) groups is 3. The molecule has 0 aliphatic carbocycles. The van der Waals surface area contributed by atoms with Crippen molar-refractivity contribution in [1.29, 1.82) is 0 Å². The van der Waals surface area contributed by atoms with Crippen LogP contribution in [0.2, 0.25) is 0 Å². The maximum atomic E-state index is 11.7. The average Bonchev–Trinajstić information content (AvgIpc) is 3.27. The highest BCUT2D eigenvalue weighted by molar-refractivity contribution is 8.00.